The minimum absolute atomic E-state index is 0.0409. The van der Waals surface area contributed by atoms with E-state index in [9.17, 15) is 19.1 Å². The van der Waals surface area contributed by atoms with E-state index in [2.05, 4.69) is 10.3 Å². The average Bonchev–Trinajstić information content (AvgIpc) is 3.38. The molecular weight excluding hydrogens is 500 g/mol. The van der Waals surface area contributed by atoms with Crippen LogP contribution < -0.4 is 15.6 Å². The normalized spacial score (nSPS) is 13.8. The minimum Gasteiger partial charge on any atom is -0.452 e. The fourth-order valence-electron chi connectivity index (χ4n) is 4.35. The van der Waals surface area contributed by atoms with Crippen LogP contribution in [0.2, 0.25) is 0 Å². The fourth-order valence-corrected chi connectivity index (χ4v) is 5.48. The molecule has 0 atom stereocenters. The zero-order valence-corrected chi connectivity index (χ0v) is 21.9. The molecule has 1 aliphatic rings. The van der Waals surface area contributed by atoms with Crippen LogP contribution in [0.25, 0.3) is 21.3 Å². The highest BCUT2D eigenvalue weighted by Gasteiger charge is 2.32. The predicted molar refractivity (Wildman–Crippen MR) is 138 cm³/mol. The van der Waals surface area contributed by atoms with E-state index in [0.29, 0.717) is 32.7 Å². The number of pyridine rings is 1. The first-order valence-electron chi connectivity index (χ1n) is 11.9. The molecule has 0 saturated heterocycles. The molecule has 1 amide bonds. The highest BCUT2D eigenvalue weighted by molar-refractivity contribution is 7.16. The van der Waals surface area contributed by atoms with E-state index in [1.165, 1.54) is 30.5 Å². The molecule has 0 unspecified atom stereocenters. The molecule has 7 nitrogen and oxygen atoms in total. The highest BCUT2D eigenvalue weighted by atomic mass is 32.1. The molecule has 10 heteroatoms. The van der Waals surface area contributed by atoms with Gasteiger partial charge in [-0.3, -0.25) is 9.59 Å². The molecule has 1 aliphatic carbocycles. The number of hydrogen-bond acceptors (Lipinski definition) is 5. The van der Waals surface area contributed by atoms with Crippen LogP contribution in [0.3, 0.4) is 0 Å². The standard InChI is InChI=1S/C27H27F2N3O4S/c1-12-8-14(28)9-13(2)21(12)36-22-19(29)24(27(3,4)35)37-23(22)17-11-32(5)26(34)20-16(17)10-18(31-20)25(33)30-15-6-7-15/h8-11,15,31,35H,6-7H2,1-5H3,(H,30,33). The van der Waals surface area contributed by atoms with Gasteiger partial charge in [0.15, 0.2) is 11.6 Å². The molecule has 1 fully saturated rings. The number of thiophene rings is 1. The number of aromatic amines is 1. The summed E-state index contributed by atoms with van der Waals surface area (Å²) in [5.41, 5.74) is -0.0540. The Kier molecular flexibility index (Phi) is 5.99. The Hall–Kier alpha value is -3.50. The Morgan fingerprint density at radius 1 is 1.19 bits per heavy atom. The molecule has 37 heavy (non-hydrogen) atoms. The number of aromatic nitrogens is 2. The van der Waals surface area contributed by atoms with Crippen molar-refractivity contribution in [2.24, 2.45) is 7.05 Å². The van der Waals surface area contributed by atoms with Crippen LogP contribution >= 0.6 is 11.3 Å². The van der Waals surface area contributed by atoms with Gasteiger partial charge in [0.1, 0.15) is 22.8 Å². The van der Waals surface area contributed by atoms with Crippen molar-refractivity contribution in [2.75, 3.05) is 0 Å². The van der Waals surface area contributed by atoms with E-state index < -0.39 is 17.2 Å². The number of hydrogen-bond donors (Lipinski definition) is 3. The second-order valence-electron chi connectivity index (χ2n) is 10.1. The Bertz CT molecular complexity index is 1600. The molecule has 0 spiro atoms. The number of nitrogens with one attached hydrogen (secondary N) is 2. The average molecular weight is 528 g/mol. The topological polar surface area (TPSA) is 96.4 Å². The van der Waals surface area contributed by atoms with Gasteiger partial charge in [-0.25, -0.2) is 8.78 Å². The third-order valence-electron chi connectivity index (χ3n) is 6.36. The molecule has 0 bridgehead atoms. The van der Waals surface area contributed by atoms with Gasteiger partial charge in [0.05, 0.1) is 15.4 Å². The number of nitrogens with zero attached hydrogens (tertiary/aromatic N) is 1. The molecule has 1 aromatic carbocycles. The number of aryl methyl sites for hydroxylation is 3. The molecular formula is C27H27F2N3O4S. The summed E-state index contributed by atoms with van der Waals surface area (Å²) in [5, 5.41) is 14.0. The molecule has 0 aliphatic heterocycles. The lowest BCUT2D eigenvalue weighted by atomic mass is 10.1. The first-order chi connectivity index (χ1) is 17.3. The molecule has 0 radical (unpaired) electrons. The van der Waals surface area contributed by atoms with Gasteiger partial charge in [-0.2, -0.15) is 0 Å². The molecule has 3 aromatic heterocycles. The van der Waals surface area contributed by atoms with E-state index in [0.717, 1.165) is 24.2 Å². The Balaban J connectivity index is 1.74. The summed E-state index contributed by atoms with van der Waals surface area (Å²) in [6.07, 6.45) is 3.38. The van der Waals surface area contributed by atoms with Crippen LogP contribution in [-0.4, -0.2) is 26.6 Å². The van der Waals surface area contributed by atoms with Gasteiger partial charge in [-0.05, 0) is 69.9 Å². The van der Waals surface area contributed by atoms with Crippen molar-refractivity contribution in [3.05, 3.63) is 68.1 Å². The summed E-state index contributed by atoms with van der Waals surface area (Å²) < 4.78 is 37.2. The van der Waals surface area contributed by atoms with Crippen LogP contribution in [0.4, 0.5) is 8.78 Å². The summed E-state index contributed by atoms with van der Waals surface area (Å²) in [4.78, 5) is 28.9. The number of ether oxygens (including phenoxy) is 1. The maximum Gasteiger partial charge on any atom is 0.274 e. The van der Waals surface area contributed by atoms with Crippen molar-refractivity contribution in [3.63, 3.8) is 0 Å². The SMILES string of the molecule is Cc1cc(F)cc(C)c1Oc1c(-c2cn(C)c(=O)c3[nH]c(C(=O)NC4CC4)cc23)sc(C(C)(C)O)c1F. The van der Waals surface area contributed by atoms with Crippen molar-refractivity contribution >= 4 is 28.1 Å². The lowest BCUT2D eigenvalue weighted by Gasteiger charge is -2.15. The van der Waals surface area contributed by atoms with Crippen molar-refractivity contribution in [2.45, 2.75) is 52.2 Å². The summed E-state index contributed by atoms with van der Waals surface area (Å²) in [6.45, 7) is 6.26. The van der Waals surface area contributed by atoms with Gasteiger partial charge >= 0.3 is 0 Å². The molecule has 5 rings (SSSR count). The number of carbonyl (C=O) groups is 1. The quantitative estimate of drug-likeness (QED) is 0.313. The zero-order chi connectivity index (χ0) is 26.8. The number of carbonyl (C=O) groups excluding carboxylic acids is 1. The zero-order valence-electron chi connectivity index (χ0n) is 21.1. The van der Waals surface area contributed by atoms with Gasteiger partial charge < -0.3 is 24.7 Å². The number of amides is 1. The fraction of sp³-hybridized carbons (Fsp3) is 0.333. The smallest absolute Gasteiger partial charge is 0.274 e. The van der Waals surface area contributed by atoms with Crippen LogP contribution in [0, 0.1) is 25.5 Å². The summed E-state index contributed by atoms with van der Waals surface area (Å²) >= 11 is 0.994. The van der Waals surface area contributed by atoms with E-state index in [1.807, 2.05) is 0 Å². The van der Waals surface area contributed by atoms with Gasteiger partial charge in [0.25, 0.3) is 11.5 Å². The Morgan fingerprint density at radius 3 is 2.43 bits per heavy atom. The summed E-state index contributed by atoms with van der Waals surface area (Å²) in [6, 6.07) is 4.29. The molecule has 1 saturated carbocycles. The summed E-state index contributed by atoms with van der Waals surface area (Å²) in [5.74, 6) is -1.36. The van der Waals surface area contributed by atoms with Crippen molar-refractivity contribution in [1.82, 2.24) is 14.9 Å². The number of halogens is 2. The number of aliphatic hydroxyl groups is 1. The second-order valence-corrected chi connectivity index (χ2v) is 11.1. The Morgan fingerprint density at radius 2 is 1.84 bits per heavy atom. The lowest BCUT2D eigenvalue weighted by Crippen LogP contribution is -2.25. The maximum atomic E-state index is 15.9. The van der Waals surface area contributed by atoms with E-state index in [1.54, 1.807) is 33.2 Å². The monoisotopic (exact) mass is 527 g/mol. The summed E-state index contributed by atoms with van der Waals surface area (Å²) in [7, 11) is 1.56. The number of H-pyrrole nitrogens is 1. The molecule has 3 N–H and O–H groups in total. The van der Waals surface area contributed by atoms with Crippen LogP contribution in [-0.2, 0) is 12.6 Å². The third-order valence-corrected chi connectivity index (χ3v) is 7.85. The van der Waals surface area contributed by atoms with Crippen LogP contribution in [0.15, 0.2) is 29.2 Å². The highest BCUT2D eigenvalue weighted by Crippen LogP contribution is 2.49. The molecule has 194 valence electrons. The predicted octanol–water partition coefficient (Wildman–Crippen LogP) is 5.40. The molecule has 3 heterocycles. The van der Waals surface area contributed by atoms with Crippen molar-refractivity contribution in [1.29, 1.82) is 0 Å². The maximum absolute atomic E-state index is 15.9. The van der Waals surface area contributed by atoms with Crippen LogP contribution in [0.5, 0.6) is 11.5 Å². The minimum atomic E-state index is -1.52. The first kappa shape index (κ1) is 25.2. The van der Waals surface area contributed by atoms with Crippen LogP contribution in [0.1, 0.15) is 53.2 Å². The number of fused-ring (bicyclic) bond motifs is 1. The largest absolute Gasteiger partial charge is 0.452 e. The third kappa shape index (κ3) is 4.55. The van der Waals surface area contributed by atoms with E-state index >= 15 is 4.39 Å². The van der Waals surface area contributed by atoms with Gasteiger partial charge in [0.2, 0.25) is 0 Å². The van der Waals surface area contributed by atoms with Gasteiger partial charge in [-0.15, -0.1) is 11.3 Å². The second kappa shape index (κ2) is 8.81. The van der Waals surface area contributed by atoms with E-state index in [4.69, 9.17) is 4.74 Å². The lowest BCUT2D eigenvalue weighted by molar-refractivity contribution is 0.0785. The first-order valence-corrected chi connectivity index (χ1v) is 12.7. The van der Waals surface area contributed by atoms with Crippen molar-refractivity contribution in [3.8, 4) is 21.9 Å². The molecule has 4 aromatic rings. The van der Waals surface area contributed by atoms with E-state index in [-0.39, 0.29) is 39.3 Å². The van der Waals surface area contributed by atoms with Crippen molar-refractivity contribution < 1.29 is 23.4 Å². The number of rotatable bonds is 6. The number of benzene rings is 1. The van der Waals surface area contributed by atoms with Gasteiger partial charge in [0, 0.05) is 30.2 Å². The van der Waals surface area contributed by atoms with Gasteiger partial charge in [-0.1, -0.05) is 0 Å². The Labute approximate surface area is 215 Å².